The molecule has 0 spiro atoms. The fraction of sp³-hybridized carbons (Fsp3) is 0.0217. The highest BCUT2D eigenvalue weighted by molar-refractivity contribution is 6.12. The smallest absolute Gasteiger partial charge is 0.164 e. The van der Waals surface area contributed by atoms with Gasteiger partial charge in [0.25, 0.3) is 0 Å². The van der Waals surface area contributed by atoms with Crippen molar-refractivity contribution < 1.29 is 8.83 Å². The first-order valence-electron chi connectivity index (χ1n) is 16.9. The summed E-state index contributed by atoms with van der Waals surface area (Å²) in [5.41, 5.74) is 9.67. The first-order valence-corrected chi connectivity index (χ1v) is 16.9. The number of furan rings is 2. The average molecular weight is 658 g/mol. The van der Waals surface area contributed by atoms with Gasteiger partial charge in [-0.3, -0.25) is 0 Å². The van der Waals surface area contributed by atoms with Crippen molar-refractivity contribution >= 4 is 45.1 Å². The minimum Gasteiger partial charge on any atom is -0.456 e. The van der Waals surface area contributed by atoms with Crippen molar-refractivity contribution in [3.05, 3.63) is 175 Å². The molecule has 0 unspecified atom stereocenters. The molecular formula is C46H31N3O2. The van der Waals surface area contributed by atoms with Gasteiger partial charge in [-0.1, -0.05) is 140 Å². The van der Waals surface area contributed by atoms with Crippen LogP contribution >= 0.6 is 0 Å². The summed E-state index contributed by atoms with van der Waals surface area (Å²) >= 11 is 0. The molecule has 51 heavy (non-hydrogen) atoms. The molecule has 0 fully saturated rings. The summed E-state index contributed by atoms with van der Waals surface area (Å²) in [5.74, 6) is 2.68. The predicted octanol–water partition coefficient (Wildman–Crippen LogP) is 12.2. The third-order valence-corrected chi connectivity index (χ3v) is 9.21. The molecule has 0 aliphatic rings. The number of para-hydroxylation sites is 1. The Kier molecular flexibility index (Phi) is 7.63. The van der Waals surface area contributed by atoms with Crippen LogP contribution in [0.25, 0.3) is 90.4 Å². The standard InChI is InChI=1S/C46H31N3O2/c1-30-36-18-9-11-21-40(36)50-39(30)20-10-8-13-31-23-28-37-42(29-31)51-41-22-12-19-38(43(37)41)46-48-44(34-16-6-3-7-17-34)47-45(49-46)35-26-24-33(25-27-35)32-14-4-2-5-15-32/h2-29H,1H3/b13-8+,20-10-. The second kappa shape index (κ2) is 12.9. The van der Waals surface area contributed by atoms with Gasteiger partial charge in [-0.2, -0.15) is 0 Å². The number of benzene rings is 6. The summed E-state index contributed by atoms with van der Waals surface area (Å²) in [6, 6.07) is 49.2. The Morgan fingerprint density at radius 3 is 1.82 bits per heavy atom. The summed E-state index contributed by atoms with van der Waals surface area (Å²) in [6.45, 7) is 2.09. The van der Waals surface area contributed by atoms with Crippen molar-refractivity contribution in [3.8, 4) is 45.3 Å². The monoisotopic (exact) mass is 657 g/mol. The Bertz CT molecular complexity index is 2740. The lowest BCUT2D eigenvalue weighted by Crippen LogP contribution is -2.00. The molecule has 3 aromatic heterocycles. The Morgan fingerprint density at radius 1 is 0.451 bits per heavy atom. The molecule has 5 nitrogen and oxygen atoms in total. The molecule has 3 heterocycles. The van der Waals surface area contributed by atoms with Gasteiger partial charge in [0, 0.05) is 38.4 Å². The number of fused-ring (bicyclic) bond motifs is 4. The molecule has 0 aliphatic carbocycles. The fourth-order valence-electron chi connectivity index (χ4n) is 6.58. The number of aryl methyl sites for hydroxylation is 1. The van der Waals surface area contributed by atoms with E-state index in [-0.39, 0.29) is 0 Å². The van der Waals surface area contributed by atoms with Gasteiger partial charge in [-0.15, -0.1) is 0 Å². The maximum absolute atomic E-state index is 6.43. The summed E-state index contributed by atoms with van der Waals surface area (Å²) in [6.07, 6.45) is 8.09. The minimum atomic E-state index is 0.592. The van der Waals surface area contributed by atoms with Crippen molar-refractivity contribution in [1.82, 2.24) is 15.0 Å². The molecule has 5 heteroatoms. The molecule has 0 saturated heterocycles. The Morgan fingerprint density at radius 2 is 1.06 bits per heavy atom. The van der Waals surface area contributed by atoms with Gasteiger partial charge in [0.1, 0.15) is 22.5 Å². The van der Waals surface area contributed by atoms with E-state index in [1.165, 1.54) is 0 Å². The zero-order valence-electron chi connectivity index (χ0n) is 27.8. The van der Waals surface area contributed by atoms with E-state index in [1.54, 1.807) is 0 Å². The van der Waals surface area contributed by atoms with Crippen LogP contribution in [0.1, 0.15) is 16.9 Å². The van der Waals surface area contributed by atoms with Crippen LogP contribution in [-0.2, 0) is 0 Å². The van der Waals surface area contributed by atoms with Crippen LogP contribution in [0.15, 0.2) is 167 Å². The summed E-state index contributed by atoms with van der Waals surface area (Å²) in [7, 11) is 0. The molecule has 0 bridgehead atoms. The van der Waals surface area contributed by atoms with Crippen molar-refractivity contribution in [2.24, 2.45) is 0 Å². The number of aromatic nitrogens is 3. The molecule has 6 aromatic carbocycles. The molecule has 242 valence electrons. The number of hydrogen-bond acceptors (Lipinski definition) is 5. The normalized spacial score (nSPS) is 11.9. The summed E-state index contributed by atoms with van der Waals surface area (Å²) in [4.78, 5) is 15.0. The highest BCUT2D eigenvalue weighted by Crippen LogP contribution is 2.37. The molecular weight excluding hydrogens is 627 g/mol. The molecule has 0 aliphatic heterocycles. The number of rotatable bonds is 7. The SMILES string of the molecule is Cc1c(/C=C\C=C\c2ccc3c(c2)oc2cccc(-c4nc(-c5ccccc5)nc(-c5ccc(-c6ccccc6)cc5)n4)c23)oc2ccccc12. The van der Waals surface area contributed by atoms with Gasteiger partial charge < -0.3 is 8.83 Å². The molecule has 0 atom stereocenters. The Balaban J connectivity index is 1.08. The molecule has 0 radical (unpaired) electrons. The van der Waals surface area contributed by atoms with E-state index >= 15 is 0 Å². The first kappa shape index (κ1) is 30.2. The van der Waals surface area contributed by atoms with Crippen LogP contribution in [-0.4, -0.2) is 15.0 Å². The van der Waals surface area contributed by atoms with Gasteiger partial charge >= 0.3 is 0 Å². The lowest BCUT2D eigenvalue weighted by Gasteiger charge is -2.10. The maximum Gasteiger partial charge on any atom is 0.164 e. The largest absolute Gasteiger partial charge is 0.456 e. The third kappa shape index (κ3) is 5.81. The zero-order chi connectivity index (χ0) is 34.1. The molecule has 0 saturated carbocycles. The second-order valence-electron chi connectivity index (χ2n) is 12.5. The van der Waals surface area contributed by atoms with Gasteiger partial charge in [0.2, 0.25) is 0 Å². The average Bonchev–Trinajstić information content (AvgIpc) is 3.73. The summed E-state index contributed by atoms with van der Waals surface area (Å²) in [5, 5.41) is 3.11. The van der Waals surface area contributed by atoms with E-state index in [0.717, 1.165) is 77.6 Å². The van der Waals surface area contributed by atoms with Crippen LogP contribution < -0.4 is 0 Å². The summed E-state index contributed by atoms with van der Waals surface area (Å²) < 4.78 is 12.5. The van der Waals surface area contributed by atoms with Crippen molar-refractivity contribution in [3.63, 3.8) is 0 Å². The van der Waals surface area contributed by atoms with Crippen LogP contribution in [0.2, 0.25) is 0 Å². The lowest BCUT2D eigenvalue weighted by molar-refractivity contribution is 0.601. The third-order valence-electron chi connectivity index (χ3n) is 9.21. The van der Waals surface area contributed by atoms with Crippen molar-refractivity contribution in [1.29, 1.82) is 0 Å². The van der Waals surface area contributed by atoms with Crippen molar-refractivity contribution in [2.45, 2.75) is 6.92 Å². The quantitative estimate of drug-likeness (QED) is 0.160. The van der Waals surface area contributed by atoms with E-state index in [9.17, 15) is 0 Å². The van der Waals surface area contributed by atoms with E-state index in [0.29, 0.717) is 17.5 Å². The van der Waals surface area contributed by atoms with E-state index < -0.39 is 0 Å². The topological polar surface area (TPSA) is 65.0 Å². The zero-order valence-corrected chi connectivity index (χ0v) is 27.8. The molecule has 9 rings (SSSR count). The van der Waals surface area contributed by atoms with E-state index in [1.807, 2.05) is 85.0 Å². The molecule has 0 N–H and O–H groups in total. The highest BCUT2D eigenvalue weighted by atomic mass is 16.3. The van der Waals surface area contributed by atoms with Gasteiger partial charge in [0.15, 0.2) is 17.5 Å². The van der Waals surface area contributed by atoms with E-state index in [4.69, 9.17) is 23.8 Å². The fourth-order valence-corrected chi connectivity index (χ4v) is 6.58. The van der Waals surface area contributed by atoms with Gasteiger partial charge in [0.05, 0.1) is 0 Å². The minimum absolute atomic E-state index is 0.592. The van der Waals surface area contributed by atoms with Crippen LogP contribution in [0.4, 0.5) is 0 Å². The second-order valence-corrected chi connectivity index (χ2v) is 12.5. The maximum atomic E-state index is 6.43. The Hall–Kier alpha value is -6.85. The number of allylic oxidation sites excluding steroid dienone is 2. The van der Waals surface area contributed by atoms with Gasteiger partial charge in [-0.05, 0) is 54.0 Å². The molecule has 9 aromatic rings. The van der Waals surface area contributed by atoms with Crippen LogP contribution in [0.5, 0.6) is 0 Å². The molecule has 0 amide bonds. The first-order chi connectivity index (χ1) is 25.2. The predicted molar refractivity (Wildman–Crippen MR) is 208 cm³/mol. The van der Waals surface area contributed by atoms with Crippen LogP contribution in [0.3, 0.4) is 0 Å². The number of nitrogens with zero attached hydrogens (tertiary/aromatic N) is 3. The Labute approximate surface area is 294 Å². The van der Waals surface area contributed by atoms with Crippen molar-refractivity contribution in [2.75, 3.05) is 0 Å². The van der Waals surface area contributed by atoms with Gasteiger partial charge in [-0.25, -0.2) is 15.0 Å². The number of hydrogen-bond donors (Lipinski definition) is 0. The lowest BCUT2D eigenvalue weighted by atomic mass is 10.0. The highest BCUT2D eigenvalue weighted by Gasteiger charge is 2.18. The van der Waals surface area contributed by atoms with Crippen LogP contribution in [0, 0.1) is 6.92 Å². The van der Waals surface area contributed by atoms with E-state index in [2.05, 4.69) is 91.9 Å².